The molecule has 0 saturated carbocycles. The van der Waals surface area contributed by atoms with E-state index in [0.717, 1.165) is 12.0 Å². The van der Waals surface area contributed by atoms with Gasteiger partial charge in [-0.1, -0.05) is 35.5 Å². The van der Waals surface area contributed by atoms with Crippen LogP contribution in [0.5, 0.6) is 11.5 Å². The Morgan fingerprint density at radius 2 is 1.84 bits per heavy atom. The van der Waals surface area contributed by atoms with Gasteiger partial charge in [-0.2, -0.15) is 0 Å². The van der Waals surface area contributed by atoms with E-state index >= 15 is 0 Å². The molecule has 0 aliphatic carbocycles. The summed E-state index contributed by atoms with van der Waals surface area (Å²) in [6.45, 7) is 1.23. The van der Waals surface area contributed by atoms with E-state index < -0.39 is 0 Å². The van der Waals surface area contributed by atoms with Gasteiger partial charge in [0.1, 0.15) is 5.71 Å². The van der Waals surface area contributed by atoms with E-state index in [0.29, 0.717) is 42.5 Å². The molecule has 2 heterocycles. The van der Waals surface area contributed by atoms with E-state index in [-0.39, 0.29) is 12.0 Å². The van der Waals surface area contributed by atoms with Gasteiger partial charge in [-0.3, -0.25) is 4.79 Å². The maximum Gasteiger partial charge on any atom is 0.273 e. The molecule has 2 aliphatic heterocycles. The van der Waals surface area contributed by atoms with Crippen molar-refractivity contribution >= 4 is 17.3 Å². The number of hydrogen-bond donors (Lipinski definition) is 1. The Morgan fingerprint density at radius 1 is 1.04 bits per heavy atom. The summed E-state index contributed by atoms with van der Waals surface area (Å²) in [6.07, 6.45) is 1.07. The lowest BCUT2D eigenvalue weighted by atomic mass is 10.0. The molecule has 6 heteroatoms. The van der Waals surface area contributed by atoms with Crippen LogP contribution in [0.2, 0.25) is 0 Å². The monoisotopic (exact) mass is 338 g/mol. The van der Waals surface area contributed by atoms with Crippen LogP contribution >= 0.6 is 0 Å². The van der Waals surface area contributed by atoms with Crippen molar-refractivity contribution in [2.24, 2.45) is 5.16 Å². The zero-order valence-electron chi connectivity index (χ0n) is 13.6. The van der Waals surface area contributed by atoms with E-state index in [4.69, 9.17) is 14.3 Å². The number of fused-ring (bicyclic) bond motifs is 1. The second-order valence-corrected chi connectivity index (χ2v) is 5.91. The van der Waals surface area contributed by atoms with Crippen LogP contribution in [0.4, 0.5) is 5.69 Å². The largest absolute Gasteiger partial charge is 0.490 e. The number of hydrogen-bond acceptors (Lipinski definition) is 5. The molecular weight excluding hydrogens is 320 g/mol. The van der Waals surface area contributed by atoms with Gasteiger partial charge in [-0.05, 0) is 17.7 Å². The van der Waals surface area contributed by atoms with Crippen LogP contribution in [0.15, 0.2) is 53.7 Å². The Balaban J connectivity index is 1.42. The summed E-state index contributed by atoms with van der Waals surface area (Å²) in [6, 6.07) is 15.1. The van der Waals surface area contributed by atoms with Gasteiger partial charge in [0.2, 0.25) is 0 Å². The third-order valence-corrected chi connectivity index (χ3v) is 4.11. The number of carbonyl (C=O) groups excluding carboxylic acids is 1. The highest BCUT2D eigenvalue weighted by Crippen LogP contribution is 2.33. The molecule has 1 N–H and O–H groups in total. The quantitative estimate of drug-likeness (QED) is 0.932. The van der Waals surface area contributed by atoms with Gasteiger partial charge in [-0.25, -0.2) is 0 Å². The molecule has 0 fully saturated rings. The SMILES string of the molecule is O=C(Nc1ccc2c(c1)OCCCO2)C1=NO[C@H](c2ccccc2)C1. The molecule has 0 radical (unpaired) electrons. The van der Waals surface area contributed by atoms with Crippen molar-refractivity contribution in [3.63, 3.8) is 0 Å². The Bertz CT molecular complexity index is 804. The summed E-state index contributed by atoms with van der Waals surface area (Å²) in [5.41, 5.74) is 2.02. The van der Waals surface area contributed by atoms with E-state index in [9.17, 15) is 4.79 Å². The maximum absolute atomic E-state index is 12.4. The van der Waals surface area contributed by atoms with Gasteiger partial charge < -0.3 is 19.6 Å². The first kappa shape index (κ1) is 15.5. The zero-order valence-corrected chi connectivity index (χ0v) is 13.6. The standard InChI is InChI=1S/C19H18N2O4/c22-19(15-12-17(25-21-15)13-5-2-1-3-6-13)20-14-7-8-16-18(11-14)24-10-4-9-23-16/h1-3,5-8,11,17H,4,9-10,12H2,(H,20,22)/t17-/m0/s1. The maximum atomic E-state index is 12.4. The summed E-state index contributed by atoms with van der Waals surface area (Å²) in [5, 5.41) is 6.78. The predicted octanol–water partition coefficient (Wildman–Crippen LogP) is 3.30. The number of rotatable bonds is 3. The van der Waals surface area contributed by atoms with E-state index in [1.54, 1.807) is 18.2 Å². The zero-order chi connectivity index (χ0) is 17.1. The van der Waals surface area contributed by atoms with Crippen molar-refractivity contribution in [3.05, 3.63) is 54.1 Å². The molecule has 0 saturated heterocycles. The normalized spacial score (nSPS) is 18.7. The summed E-state index contributed by atoms with van der Waals surface area (Å²) >= 11 is 0. The van der Waals surface area contributed by atoms with Crippen LogP contribution in [-0.2, 0) is 9.63 Å². The number of nitrogens with zero attached hydrogens (tertiary/aromatic N) is 1. The number of oxime groups is 1. The summed E-state index contributed by atoms with van der Waals surface area (Å²) in [4.78, 5) is 17.8. The molecule has 1 amide bonds. The first-order valence-corrected chi connectivity index (χ1v) is 8.28. The molecule has 2 aliphatic rings. The van der Waals surface area contributed by atoms with Gasteiger partial charge in [0.05, 0.1) is 13.2 Å². The van der Waals surface area contributed by atoms with Crippen molar-refractivity contribution in [2.45, 2.75) is 18.9 Å². The minimum Gasteiger partial charge on any atom is -0.490 e. The fraction of sp³-hybridized carbons (Fsp3) is 0.263. The van der Waals surface area contributed by atoms with Crippen molar-refractivity contribution < 1.29 is 19.1 Å². The molecule has 1 atom stereocenters. The number of amides is 1. The fourth-order valence-electron chi connectivity index (χ4n) is 2.80. The van der Waals surface area contributed by atoms with Gasteiger partial charge in [0.15, 0.2) is 17.6 Å². The summed E-state index contributed by atoms with van der Waals surface area (Å²) < 4.78 is 11.2. The molecule has 128 valence electrons. The number of anilines is 1. The third kappa shape index (κ3) is 3.42. The van der Waals surface area contributed by atoms with Gasteiger partial charge in [-0.15, -0.1) is 0 Å². The highest BCUT2D eigenvalue weighted by Gasteiger charge is 2.27. The van der Waals surface area contributed by atoms with Crippen molar-refractivity contribution in [2.75, 3.05) is 18.5 Å². The lowest BCUT2D eigenvalue weighted by Crippen LogP contribution is -2.21. The molecule has 0 unspecified atom stereocenters. The van der Waals surface area contributed by atoms with Crippen LogP contribution in [-0.4, -0.2) is 24.8 Å². The van der Waals surface area contributed by atoms with E-state index in [2.05, 4.69) is 10.5 Å². The van der Waals surface area contributed by atoms with E-state index in [1.807, 2.05) is 30.3 Å². The lowest BCUT2D eigenvalue weighted by molar-refractivity contribution is -0.110. The molecule has 4 rings (SSSR count). The van der Waals surface area contributed by atoms with Gasteiger partial charge in [0.25, 0.3) is 5.91 Å². The molecule has 2 aromatic rings. The molecular formula is C19H18N2O4. The average Bonchev–Trinajstić information content (AvgIpc) is 3.03. The molecule has 2 aromatic carbocycles. The van der Waals surface area contributed by atoms with Gasteiger partial charge in [0, 0.05) is 24.6 Å². The molecule has 0 bridgehead atoms. The number of ether oxygens (including phenoxy) is 2. The van der Waals surface area contributed by atoms with Crippen LogP contribution in [0.1, 0.15) is 24.5 Å². The second-order valence-electron chi connectivity index (χ2n) is 5.91. The van der Waals surface area contributed by atoms with Crippen molar-refractivity contribution in [3.8, 4) is 11.5 Å². The Hall–Kier alpha value is -3.02. The smallest absolute Gasteiger partial charge is 0.273 e. The fourth-order valence-corrected chi connectivity index (χ4v) is 2.80. The molecule has 6 nitrogen and oxygen atoms in total. The van der Waals surface area contributed by atoms with Crippen LogP contribution in [0.3, 0.4) is 0 Å². The van der Waals surface area contributed by atoms with E-state index in [1.165, 1.54) is 0 Å². The van der Waals surface area contributed by atoms with Crippen molar-refractivity contribution in [1.29, 1.82) is 0 Å². The highest BCUT2D eigenvalue weighted by atomic mass is 16.6. The minimum absolute atomic E-state index is 0.217. The first-order valence-electron chi connectivity index (χ1n) is 8.28. The third-order valence-electron chi connectivity index (χ3n) is 4.11. The lowest BCUT2D eigenvalue weighted by Gasteiger charge is -2.10. The van der Waals surface area contributed by atoms with Crippen LogP contribution in [0.25, 0.3) is 0 Å². The van der Waals surface area contributed by atoms with Crippen molar-refractivity contribution in [1.82, 2.24) is 0 Å². The first-order chi connectivity index (χ1) is 12.3. The Labute approximate surface area is 145 Å². The molecule has 0 spiro atoms. The molecule has 0 aromatic heterocycles. The highest BCUT2D eigenvalue weighted by molar-refractivity contribution is 6.43. The minimum atomic E-state index is -0.270. The Kier molecular flexibility index (Phi) is 4.24. The Morgan fingerprint density at radius 3 is 2.68 bits per heavy atom. The topological polar surface area (TPSA) is 69.2 Å². The summed E-state index contributed by atoms with van der Waals surface area (Å²) in [5.74, 6) is 1.07. The summed E-state index contributed by atoms with van der Waals surface area (Å²) in [7, 11) is 0. The number of benzene rings is 2. The predicted molar refractivity (Wildman–Crippen MR) is 93.0 cm³/mol. The number of nitrogens with one attached hydrogen (secondary N) is 1. The van der Waals surface area contributed by atoms with Crippen LogP contribution in [0, 0.1) is 0 Å². The second kappa shape index (κ2) is 6.84. The van der Waals surface area contributed by atoms with Crippen LogP contribution < -0.4 is 14.8 Å². The molecule has 25 heavy (non-hydrogen) atoms. The van der Waals surface area contributed by atoms with Gasteiger partial charge >= 0.3 is 0 Å². The number of carbonyl (C=O) groups is 1. The average molecular weight is 338 g/mol.